The van der Waals surface area contributed by atoms with E-state index in [0.717, 1.165) is 11.8 Å². The molecule has 0 aliphatic rings. The first-order valence-corrected chi connectivity index (χ1v) is 18.0. The Morgan fingerprint density at radius 1 is 0.283 bits per heavy atom. The van der Waals surface area contributed by atoms with Gasteiger partial charge in [0.1, 0.15) is 52.7 Å². The highest BCUT2D eigenvalue weighted by Gasteiger charge is 2.52. The Kier molecular flexibility index (Phi) is 16.2. The van der Waals surface area contributed by atoms with Crippen LogP contribution < -0.4 is 26.8 Å². The standard InChI is InChI=1S/C24BF20.C14H31N/c26-5-1(6(27)14(35)21(42)13(5)34)25(2-7(28)15(36)22(43)16(37)8(2)29,3-9(30)17(38)23(44)18(39)10(3)31)4-11(32)19(40)24(45)20(41)12(4)33;1-6-13(7-2)11-15(10-5)12-14(8-3)9-4/h;13-14H,6-12H2,1-5H3/q-1;/p+1. The van der Waals surface area contributed by atoms with E-state index in [1.54, 1.807) is 0 Å². The van der Waals surface area contributed by atoms with Crippen LogP contribution in [0.4, 0.5) is 87.8 Å². The van der Waals surface area contributed by atoms with Crippen LogP contribution in [0.1, 0.15) is 60.3 Å². The molecule has 0 atom stereocenters. The van der Waals surface area contributed by atoms with Crippen LogP contribution in [-0.2, 0) is 0 Å². The second-order valence-electron chi connectivity index (χ2n) is 13.7. The van der Waals surface area contributed by atoms with Gasteiger partial charge in [0.2, 0.25) is 0 Å². The van der Waals surface area contributed by atoms with Crippen molar-refractivity contribution in [2.75, 3.05) is 19.6 Å². The molecule has 4 rings (SSSR count). The van der Waals surface area contributed by atoms with Crippen LogP contribution in [0.5, 0.6) is 0 Å². The van der Waals surface area contributed by atoms with Crippen LogP contribution in [0.2, 0.25) is 0 Å². The minimum absolute atomic E-state index is 0.939. The molecule has 0 fully saturated rings. The van der Waals surface area contributed by atoms with Gasteiger partial charge in [-0.3, -0.25) is 0 Å². The summed E-state index contributed by atoms with van der Waals surface area (Å²) in [5, 5.41) is 0. The summed E-state index contributed by atoms with van der Waals surface area (Å²) in [5.74, 6) is -69.5. The zero-order valence-electron chi connectivity index (χ0n) is 31.7. The molecule has 1 nitrogen and oxygen atoms in total. The summed E-state index contributed by atoms with van der Waals surface area (Å²) in [6.07, 6.45) is -1.82. The minimum Gasteiger partial charge on any atom is -0.335 e. The molecule has 332 valence electrons. The van der Waals surface area contributed by atoms with Gasteiger partial charge >= 0.3 is 0 Å². The quantitative estimate of drug-likeness (QED) is 0.0594. The molecule has 0 heterocycles. The van der Waals surface area contributed by atoms with Crippen LogP contribution in [0.15, 0.2) is 0 Å². The average molecular weight is 893 g/mol. The molecule has 0 saturated carbocycles. The van der Waals surface area contributed by atoms with Gasteiger partial charge in [0.25, 0.3) is 0 Å². The zero-order valence-corrected chi connectivity index (χ0v) is 31.7. The van der Waals surface area contributed by atoms with Crippen molar-refractivity contribution in [2.45, 2.75) is 60.3 Å². The molecule has 0 spiro atoms. The molecule has 4 aromatic rings. The third-order valence-corrected chi connectivity index (χ3v) is 10.7. The van der Waals surface area contributed by atoms with Crippen molar-refractivity contribution in [2.24, 2.45) is 11.8 Å². The second kappa shape index (κ2) is 19.5. The van der Waals surface area contributed by atoms with Crippen molar-refractivity contribution < 1.29 is 92.7 Å². The predicted octanol–water partition coefficient (Wildman–Crippen LogP) is 8.61. The first-order valence-electron chi connectivity index (χ1n) is 18.0. The summed E-state index contributed by atoms with van der Waals surface area (Å²) in [7, 11) is 0. The van der Waals surface area contributed by atoms with E-state index in [-0.39, 0.29) is 0 Å². The van der Waals surface area contributed by atoms with Gasteiger partial charge in [-0.15, -0.1) is 21.9 Å². The number of rotatable bonds is 13. The van der Waals surface area contributed by atoms with E-state index in [9.17, 15) is 52.7 Å². The monoisotopic (exact) mass is 893 g/mol. The molecule has 0 aliphatic carbocycles. The van der Waals surface area contributed by atoms with Crippen molar-refractivity contribution in [3.63, 3.8) is 0 Å². The van der Waals surface area contributed by atoms with Crippen molar-refractivity contribution in [3.05, 3.63) is 116 Å². The van der Waals surface area contributed by atoms with Crippen LogP contribution in [-0.4, -0.2) is 25.8 Å². The van der Waals surface area contributed by atoms with Gasteiger partial charge in [-0.1, -0.05) is 27.7 Å². The van der Waals surface area contributed by atoms with Crippen molar-refractivity contribution >= 4 is 28.0 Å². The van der Waals surface area contributed by atoms with Crippen LogP contribution in [0.3, 0.4) is 0 Å². The highest BCUT2D eigenvalue weighted by Crippen LogP contribution is 2.30. The highest BCUT2D eigenvalue weighted by atomic mass is 19.2. The fourth-order valence-corrected chi connectivity index (χ4v) is 7.22. The van der Waals surface area contributed by atoms with Gasteiger partial charge in [0.15, 0.2) is 69.8 Å². The van der Waals surface area contributed by atoms with Crippen molar-refractivity contribution in [1.29, 1.82) is 0 Å². The number of hydrogen-bond acceptors (Lipinski definition) is 0. The summed E-state index contributed by atoms with van der Waals surface area (Å²) in [4.78, 5) is 1.82. The summed E-state index contributed by atoms with van der Waals surface area (Å²) in [5.41, 5.74) is -14.3. The highest BCUT2D eigenvalue weighted by molar-refractivity contribution is 7.20. The first-order chi connectivity index (χ1) is 27.9. The molecular formula is C38H32BF20N. The Labute approximate surface area is 328 Å². The molecule has 0 aliphatic heterocycles. The second-order valence-corrected chi connectivity index (χ2v) is 13.7. The molecule has 0 unspecified atom stereocenters. The molecule has 60 heavy (non-hydrogen) atoms. The molecule has 0 aromatic heterocycles. The van der Waals surface area contributed by atoms with Gasteiger partial charge in [0.05, 0.1) is 19.6 Å². The number of hydrogen-bond donors (Lipinski definition) is 1. The molecule has 0 bridgehead atoms. The predicted molar refractivity (Wildman–Crippen MR) is 179 cm³/mol. The molecule has 0 amide bonds. The summed E-state index contributed by atoms with van der Waals surface area (Å²) < 4.78 is 294. The van der Waals surface area contributed by atoms with Gasteiger partial charge in [-0.2, -0.15) is 0 Å². The largest absolute Gasteiger partial charge is 0.335 e. The van der Waals surface area contributed by atoms with Crippen molar-refractivity contribution in [3.8, 4) is 0 Å². The fourth-order valence-electron chi connectivity index (χ4n) is 7.22. The first kappa shape index (κ1) is 49.9. The summed E-state index contributed by atoms with van der Waals surface area (Å²) >= 11 is 0. The maximum absolute atomic E-state index is 15.4. The lowest BCUT2D eigenvalue weighted by molar-refractivity contribution is -0.905. The SMILES string of the molecule is CCC(CC)C[NH+](CC)CC(CC)CC.Fc1c(F)c(F)c([B-](c2c(F)c(F)c(F)c(F)c2F)(c2c(F)c(F)c(F)c(F)c2F)c2c(F)c(F)c(F)c(F)c2F)c(F)c1F. The molecule has 4 aromatic carbocycles. The van der Waals surface area contributed by atoms with E-state index in [2.05, 4.69) is 34.6 Å². The molecule has 1 N–H and O–H groups in total. The van der Waals surface area contributed by atoms with Gasteiger partial charge in [0, 0.05) is 11.8 Å². The fraction of sp³-hybridized carbons (Fsp3) is 0.368. The maximum Gasteiger partial charge on any atom is 0.200 e. The minimum atomic E-state index is -7.22. The Morgan fingerprint density at radius 2 is 0.433 bits per heavy atom. The maximum atomic E-state index is 15.4. The normalized spacial score (nSPS) is 12.0. The number of quaternary nitrogens is 1. The van der Waals surface area contributed by atoms with Crippen LogP contribution in [0, 0.1) is 128 Å². The van der Waals surface area contributed by atoms with E-state index in [1.165, 1.54) is 45.3 Å². The third-order valence-electron chi connectivity index (χ3n) is 10.7. The van der Waals surface area contributed by atoms with Crippen LogP contribution in [0.25, 0.3) is 0 Å². The summed E-state index contributed by atoms with van der Waals surface area (Å²) in [6, 6.07) is 0. The Balaban J connectivity index is 0.000000544. The van der Waals surface area contributed by atoms with Crippen molar-refractivity contribution in [1.82, 2.24) is 0 Å². The average Bonchev–Trinajstić information content (AvgIpc) is 3.23. The Hall–Kier alpha value is -4.50. The molecule has 22 heteroatoms. The number of benzene rings is 4. The van der Waals surface area contributed by atoms with Gasteiger partial charge in [-0.25, -0.2) is 87.8 Å². The Morgan fingerprint density at radius 3 is 0.567 bits per heavy atom. The zero-order chi connectivity index (χ0) is 46.0. The summed E-state index contributed by atoms with van der Waals surface area (Å²) in [6.45, 7) is 15.7. The third kappa shape index (κ3) is 8.28. The Bertz CT molecular complexity index is 1840. The molecular weight excluding hydrogens is 861 g/mol. The van der Waals surface area contributed by atoms with E-state index in [0.29, 0.717) is 0 Å². The molecule has 0 saturated heterocycles. The van der Waals surface area contributed by atoms with Gasteiger partial charge in [-0.05, 0) is 32.6 Å². The van der Waals surface area contributed by atoms with Crippen LogP contribution >= 0.6 is 0 Å². The number of halogens is 20. The lowest BCUT2D eigenvalue weighted by Gasteiger charge is -2.44. The number of nitrogens with one attached hydrogen (secondary N) is 1. The molecule has 0 radical (unpaired) electrons. The lowest BCUT2D eigenvalue weighted by atomic mass is 9.12. The van der Waals surface area contributed by atoms with E-state index in [1.807, 2.05) is 4.90 Å². The van der Waals surface area contributed by atoms with E-state index < -0.39 is 144 Å². The lowest BCUT2D eigenvalue weighted by Crippen LogP contribution is -3.13. The smallest absolute Gasteiger partial charge is 0.200 e. The van der Waals surface area contributed by atoms with E-state index >= 15 is 35.1 Å². The van der Waals surface area contributed by atoms with Gasteiger partial charge < -0.3 is 4.90 Å². The topological polar surface area (TPSA) is 4.44 Å². The van der Waals surface area contributed by atoms with E-state index in [4.69, 9.17) is 0 Å².